The molecule has 0 saturated heterocycles. The van der Waals surface area contributed by atoms with Crippen LogP contribution in [0.3, 0.4) is 0 Å². The fraction of sp³-hybridized carbons (Fsp3) is 0.0270. The Hall–Kier alpha value is -6.21. The summed E-state index contributed by atoms with van der Waals surface area (Å²) in [5, 5.41) is -11.3. The summed E-state index contributed by atoms with van der Waals surface area (Å²) < 4.78 is 268. The van der Waals surface area contributed by atoms with Crippen molar-refractivity contribution in [1.29, 1.82) is 0 Å². The number of fused-ring (bicyclic) bond motifs is 6. The monoisotopic (exact) mass is 818 g/mol. The molecule has 1 aliphatic rings. The maximum Gasteiger partial charge on any atom is 0.633 e. The minimum atomic E-state index is -3.16. The largest absolute Gasteiger partial charge is 0.633 e. The van der Waals surface area contributed by atoms with E-state index < -0.39 is 178 Å². The zero-order chi connectivity index (χ0) is 41.3. The summed E-state index contributed by atoms with van der Waals surface area (Å²) in [6.07, 6.45) is -0.724. The van der Waals surface area contributed by atoms with Gasteiger partial charge in [0.2, 0.25) is 11.6 Å². The Bertz CT molecular complexity index is 2990. The Morgan fingerprint density at radius 1 is 0.368 bits per heavy atom. The maximum atomic E-state index is 16.2. The van der Waals surface area contributed by atoms with Gasteiger partial charge in [-0.25, -0.2) is 65.9 Å². The van der Waals surface area contributed by atoms with E-state index in [0.717, 1.165) is 18.2 Å². The first-order valence-electron chi connectivity index (χ1n) is 15.6. The molecule has 7 aromatic rings. The fourth-order valence-corrected chi connectivity index (χ4v) is 6.86. The fourth-order valence-electron chi connectivity index (χ4n) is 6.86. The Morgan fingerprint density at radius 2 is 0.825 bits per heavy atom. The van der Waals surface area contributed by atoms with Gasteiger partial charge in [-0.15, -0.1) is 0 Å². The van der Waals surface area contributed by atoms with Crippen LogP contribution in [-0.4, -0.2) is 7.12 Å². The molecule has 7 aromatic carbocycles. The second-order valence-corrected chi connectivity index (χ2v) is 12.3. The van der Waals surface area contributed by atoms with Crippen LogP contribution in [0.4, 0.5) is 74.6 Å². The molecule has 0 aromatic heterocycles. The van der Waals surface area contributed by atoms with E-state index in [1.807, 2.05) is 0 Å². The molecule has 0 spiro atoms. The average Bonchev–Trinajstić information content (AvgIpc) is 3.59. The summed E-state index contributed by atoms with van der Waals surface area (Å²) in [6, 6.07) is 4.86. The molecule has 20 heteroatoms. The van der Waals surface area contributed by atoms with Gasteiger partial charge in [-0.2, -0.15) is 8.78 Å². The topological polar surface area (TPSA) is 18.5 Å². The van der Waals surface area contributed by atoms with Crippen molar-refractivity contribution in [1.82, 2.24) is 0 Å². The predicted octanol–water partition coefficient (Wildman–Crippen LogP) is 10.9. The van der Waals surface area contributed by atoms with E-state index in [0.29, 0.717) is 18.2 Å². The molecule has 1 aliphatic carbocycles. The van der Waals surface area contributed by atoms with Gasteiger partial charge in [-0.1, -0.05) is 30.3 Å². The van der Waals surface area contributed by atoms with E-state index in [1.165, 1.54) is 0 Å². The smallest absolute Gasteiger partial charge is 0.519 e. The minimum Gasteiger partial charge on any atom is -0.519 e. The van der Waals surface area contributed by atoms with Crippen molar-refractivity contribution in [2.24, 2.45) is 0 Å². The highest BCUT2D eigenvalue weighted by Crippen LogP contribution is 2.48. The van der Waals surface area contributed by atoms with Crippen LogP contribution in [0.25, 0.3) is 43.4 Å². The van der Waals surface area contributed by atoms with Crippen molar-refractivity contribution < 1.29 is 83.9 Å². The zero-order valence-electron chi connectivity index (χ0n) is 27.0. The van der Waals surface area contributed by atoms with E-state index in [-0.39, 0.29) is 5.56 Å². The Labute approximate surface area is 304 Å². The standard InChI is InChI=1S/C37H8BF17O2/c39-12-6-1-3-8-7-10-15(13(8)12)24(44)32(52)34(54)36(10)56-38(11-5-2-4-9-14(11)23(43)29(49)28(48)20(9)40)57-37-19-18(27(47)33(53)35(37)55)21(41)16-17(22(19)42)26(46)31(51)30(50)25(16)45/h1-6H,7H2. The Kier molecular flexibility index (Phi) is 8.55. The van der Waals surface area contributed by atoms with Crippen LogP contribution in [0.5, 0.6) is 11.5 Å². The van der Waals surface area contributed by atoms with Crippen LogP contribution in [0.2, 0.25) is 0 Å². The molecule has 8 rings (SSSR count). The van der Waals surface area contributed by atoms with Crippen LogP contribution in [0, 0.1) is 98.9 Å². The van der Waals surface area contributed by atoms with Crippen molar-refractivity contribution in [2.75, 3.05) is 0 Å². The summed E-state index contributed by atoms with van der Waals surface area (Å²) in [7, 11) is -3.16. The van der Waals surface area contributed by atoms with E-state index in [1.54, 1.807) is 0 Å². The third-order valence-electron chi connectivity index (χ3n) is 9.36. The van der Waals surface area contributed by atoms with Gasteiger partial charge < -0.3 is 9.31 Å². The molecule has 0 unspecified atom stereocenters. The van der Waals surface area contributed by atoms with Crippen molar-refractivity contribution in [3.8, 4) is 22.6 Å². The molecule has 0 aliphatic heterocycles. The van der Waals surface area contributed by atoms with Gasteiger partial charge in [-0.3, -0.25) is 0 Å². The van der Waals surface area contributed by atoms with Gasteiger partial charge >= 0.3 is 7.12 Å². The lowest BCUT2D eigenvalue weighted by molar-refractivity contribution is 0.373. The molecule has 2 nitrogen and oxygen atoms in total. The van der Waals surface area contributed by atoms with Crippen LogP contribution >= 0.6 is 0 Å². The molecule has 0 amide bonds. The number of hydrogen-bond donors (Lipinski definition) is 0. The SMILES string of the molecule is Fc1cccc2c1-c1c(F)c(F)c(F)c(OB(Oc3c(F)c(F)c(F)c4c(F)c5c(F)c(F)c(F)c(F)c5c(F)c34)c3cccc4c(F)c(F)c(F)c(F)c34)c1C2. The van der Waals surface area contributed by atoms with E-state index >= 15 is 39.5 Å². The van der Waals surface area contributed by atoms with Crippen molar-refractivity contribution in [3.05, 3.63) is 146 Å². The summed E-state index contributed by atoms with van der Waals surface area (Å²) >= 11 is 0. The quantitative estimate of drug-likeness (QED) is 0.0566. The first-order valence-corrected chi connectivity index (χ1v) is 15.6. The molecule has 0 heterocycles. The Balaban J connectivity index is 1.47. The molecule has 0 radical (unpaired) electrons. The van der Waals surface area contributed by atoms with Crippen LogP contribution in [0.1, 0.15) is 11.1 Å². The first kappa shape index (κ1) is 37.7. The highest BCUT2D eigenvalue weighted by atomic mass is 19.2. The highest BCUT2D eigenvalue weighted by molar-refractivity contribution is 6.66. The number of hydrogen-bond acceptors (Lipinski definition) is 2. The van der Waals surface area contributed by atoms with Crippen LogP contribution in [-0.2, 0) is 6.42 Å². The number of rotatable bonds is 5. The first-order chi connectivity index (χ1) is 26.9. The molecule has 0 atom stereocenters. The van der Waals surface area contributed by atoms with Gasteiger partial charge in [-0.05, 0) is 11.6 Å². The molecular formula is C37H8BF17O2. The van der Waals surface area contributed by atoms with Crippen molar-refractivity contribution in [2.45, 2.75) is 6.42 Å². The summed E-state index contributed by atoms with van der Waals surface area (Å²) in [4.78, 5) is 0. The predicted molar refractivity (Wildman–Crippen MR) is 166 cm³/mol. The normalized spacial score (nSPS) is 12.2. The van der Waals surface area contributed by atoms with E-state index in [9.17, 15) is 35.1 Å². The maximum absolute atomic E-state index is 16.2. The molecular weight excluding hydrogens is 810 g/mol. The molecule has 0 bridgehead atoms. The van der Waals surface area contributed by atoms with Gasteiger partial charge in [0.25, 0.3) is 0 Å². The van der Waals surface area contributed by atoms with Crippen LogP contribution < -0.4 is 14.8 Å². The average molecular weight is 818 g/mol. The molecule has 0 fully saturated rings. The van der Waals surface area contributed by atoms with Gasteiger partial charge in [0.15, 0.2) is 75.6 Å². The lowest BCUT2D eigenvalue weighted by atomic mass is 9.75. The third kappa shape index (κ3) is 5.07. The van der Waals surface area contributed by atoms with Crippen molar-refractivity contribution >= 4 is 44.9 Å². The number of benzene rings is 7. The molecule has 57 heavy (non-hydrogen) atoms. The summed E-state index contributed by atoms with van der Waals surface area (Å²) in [5.74, 6) is -45.5. The second-order valence-electron chi connectivity index (χ2n) is 12.3. The summed E-state index contributed by atoms with van der Waals surface area (Å²) in [5.41, 5.74) is -3.85. The summed E-state index contributed by atoms with van der Waals surface area (Å²) in [6.45, 7) is 0. The minimum absolute atomic E-state index is 0.146. The zero-order valence-corrected chi connectivity index (χ0v) is 27.0. The highest BCUT2D eigenvalue weighted by Gasteiger charge is 2.41. The van der Waals surface area contributed by atoms with Gasteiger partial charge in [0.05, 0.1) is 21.5 Å². The van der Waals surface area contributed by atoms with Crippen LogP contribution in [0.15, 0.2) is 36.4 Å². The van der Waals surface area contributed by atoms with Gasteiger partial charge in [0.1, 0.15) is 23.2 Å². The Morgan fingerprint density at radius 3 is 1.44 bits per heavy atom. The second kappa shape index (κ2) is 12.9. The lowest BCUT2D eigenvalue weighted by Crippen LogP contribution is -2.44. The van der Waals surface area contributed by atoms with E-state index in [2.05, 4.69) is 0 Å². The molecule has 0 saturated carbocycles. The molecule has 0 N–H and O–H groups in total. The molecule has 290 valence electrons. The lowest BCUT2D eigenvalue weighted by Gasteiger charge is -2.23. The third-order valence-corrected chi connectivity index (χ3v) is 9.36. The van der Waals surface area contributed by atoms with E-state index in [4.69, 9.17) is 9.31 Å². The van der Waals surface area contributed by atoms with Crippen molar-refractivity contribution in [3.63, 3.8) is 0 Å². The van der Waals surface area contributed by atoms with Gasteiger partial charge in [0, 0.05) is 39.3 Å². The number of halogens is 17.